The third-order valence-electron chi connectivity index (χ3n) is 2.84. The highest BCUT2D eigenvalue weighted by Gasteiger charge is 2.14. The van der Waals surface area contributed by atoms with Crippen molar-refractivity contribution in [2.45, 2.75) is 26.5 Å². The first-order valence-electron chi connectivity index (χ1n) is 6.56. The molecule has 0 spiro atoms. The maximum absolute atomic E-state index is 11.9. The molecular weight excluding hydrogens is 252 g/mol. The fourth-order valence-corrected chi connectivity index (χ4v) is 1.77. The Kier molecular flexibility index (Phi) is 4.71. The molecule has 0 aliphatic carbocycles. The van der Waals surface area contributed by atoms with Crippen molar-refractivity contribution in [2.24, 2.45) is 0 Å². The van der Waals surface area contributed by atoms with Gasteiger partial charge < -0.3 is 10.1 Å². The molecule has 0 saturated carbocycles. The second-order valence-corrected chi connectivity index (χ2v) is 4.62. The van der Waals surface area contributed by atoms with Gasteiger partial charge >= 0.3 is 0 Å². The van der Waals surface area contributed by atoms with E-state index in [2.05, 4.69) is 10.3 Å². The number of carbonyl (C=O) groups is 1. The van der Waals surface area contributed by atoms with Crippen LogP contribution in [0.3, 0.4) is 0 Å². The maximum atomic E-state index is 11.9. The van der Waals surface area contributed by atoms with E-state index in [9.17, 15) is 4.79 Å². The third kappa shape index (κ3) is 4.09. The van der Waals surface area contributed by atoms with Gasteiger partial charge in [-0.15, -0.1) is 0 Å². The topological polar surface area (TPSA) is 51.2 Å². The minimum absolute atomic E-state index is 0.155. The SMILES string of the molecule is Cc1cccc(O[C@@H](C)C(=O)NCc2ccccn2)c1. The van der Waals surface area contributed by atoms with Gasteiger partial charge in [-0.2, -0.15) is 0 Å². The number of hydrogen-bond donors (Lipinski definition) is 1. The maximum Gasteiger partial charge on any atom is 0.261 e. The number of carbonyl (C=O) groups excluding carboxylic acids is 1. The van der Waals surface area contributed by atoms with Gasteiger partial charge in [0.15, 0.2) is 6.10 Å². The van der Waals surface area contributed by atoms with E-state index in [1.807, 2.05) is 49.4 Å². The van der Waals surface area contributed by atoms with Gasteiger partial charge in [0.05, 0.1) is 12.2 Å². The molecule has 0 aliphatic rings. The van der Waals surface area contributed by atoms with Crippen LogP contribution in [0.2, 0.25) is 0 Å². The summed E-state index contributed by atoms with van der Waals surface area (Å²) in [5.74, 6) is 0.544. The Morgan fingerprint density at radius 2 is 2.15 bits per heavy atom. The monoisotopic (exact) mass is 270 g/mol. The van der Waals surface area contributed by atoms with E-state index in [1.165, 1.54) is 0 Å². The quantitative estimate of drug-likeness (QED) is 0.908. The molecule has 1 aromatic heterocycles. The van der Waals surface area contributed by atoms with Gasteiger partial charge in [0.25, 0.3) is 5.91 Å². The van der Waals surface area contributed by atoms with E-state index < -0.39 is 6.10 Å². The number of hydrogen-bond acceptors (Lipinski definition) is 3. The lowest BCUT2D eigenvalue weighted by atomic mass is 10.2. The van der Waals surface area contributed by atoms with Crippen LogP contribution in [0.15, 0.2) is 48.7 Å². The van der Waals surface area contributed by atoms with Gasteiger partial charge in [0, 0.05) is 6.20 Å². The Hall–Kier alpha value is -2.36. The van der Waals surface area contributed by atoms with Gasteiger partial charge in [-0.05, 0) is 43.7 Å². The zero-order valence-corrected chi connectivity index (χ0v) is 11.7. The number of rotatable bonds is 5. The van der Waals surface area contributed by atoms with E-state index in [-0.39, 0.29) is 5.91 Å². The van der Waals surface area contributed by atoms with Crippen LogP contribution in [0.1, 0.15) is 18.2 Å². The summed E-state index contributed by atoms with van der Waals surface area (Å²) < 4.78 is 5.61. The number of nitrogens with zero attached hydrogens (tertiary/aromatic N) is 1. The van der Waals surface area contributed by atoms with Crippen LogP contribution in [-0.4, -0.2) is 17.0 Å². The second-order valence-electron chi connectivity index (χ2n) is 4.62. The average Bonchev–Trinajstić information content (AvgIpc) is 2.46. The minimum Gasteiger partial charge on any atom is -0.481 e. The highest BCUT2D eigenvalue weighted by atomic mass is 16.5. The van der Waals surface area contributed by atoms with E-state index in [1.54, 1.807) is 13.1 Å². The average molecular weight is 270 g/mol. The molecule has 20 heavy (non-hydrogen) atoms. The molecule has 0 aliphatic heterocycles. The Morgan fingerprint density at radius 3 is 2.85 bits per heavy atom. The first-order valence-corrected chi connectivity index (χ1v) is 6.56. The zero-order chi connectivity index (χ0) is 14.4. The first-order chi connectivity index (χ1) is 9.65. The molecule has 1 heterocycles. The molecule has 2 rings (SSSR count). The van der Waals surface area contributed by atoms with Crippen LogP contribution >= 0.6 is 0 Å². The number of nitrogens with one attached hydrogen (secondary N) is 1. The van der Waals surface area contributed by atoms with Gasteiger partial charge in [0.1, 0.15) is 5.75 Å². The predicted octanol–water partition coefficient (Wildman–Crippen LogP) is 2.47. The summed E-state index contributed by atoms with van der Waals surface area (Å²) in [4.78, 5) is 16.1. The first kappa shape index (κ1) is 14.1. The van der Waals surface area contributed by atoms with Crippen LogP contribution < -0.4 is 10.1 Å². The van der Waals surface area contributed by atoms with E-state index in [0.717, 1.165) is 11.3 Å². The molecular formula is C16H18N2O2. The van der Waals surface area contributed by atoms with Crippen molar-refractivity contribution in [2.75, 3.05) is 0 Å². The molecule has 0 bridgehead atoms. The molecule has 0 fully saturated rings. The van der Waals surface area contributed by atoms with Crippen molar-refractivity contribution in [3.05, 3.63) is 59.9 Å². The van der Waals surface area contributed by atoms with E-state index in [0.29, 0.717) is 12.3 Å². The molecule has 0 saturated heterocycles. The number of amides is 1. The largest absolute Gasteiger partial charge is 0.481 e. The van der Waals surface area contributed by atoms with Gasteiger partial charge in [-0.3, -0.25) is 9.78 Å². The summed E-state index contributed by atoms with van der Waals surface area (Å²) in [6.07, 6.45) is 1.16. The molecule has 4 nitrogen and oxygen atoms in total. The van der Waals surface area contributed by atoms with Gasteiger partial charge in [0.2, 0.25) is 0 Å². The van der Waals surface area contributed by atoms with Crippen LogP contribution in [-0.2, 0) is 11.3 Å². The van der Waals surface area contributed by atoms with E-state index >= 15 is 0 Å². The molecule has 2 aromatic rings. The summed E-state index contributed by atoms with van der Waals surface area (Å²) >= 11 is 0. The lowest BCUT2D eigenvalue weighted by Gasteiger charge is -2.14. The summed E-state index contributed by atoms with van der Waals surface area (Å²) in [5, 5.41) is 2.81. The van der Waals surface area contributed by atoms with Gasteiger partial charge in [-0.1, -0.05) is 18.2 Å². The highest BCUT2D eigenvalue weighted by molar-refractivity contribution is 5.80. The second kappa shape index (κ2) is 6.70. The Bertz CT molecular complexity index is 570. The Morgan fingerprint density at radius 1 is 1.30 bits per heavy atom. The number of aromatic nitrogens is 1. The Labute approximate surface area is 118 Å². The molecule has 4 heteroatoms. The molecule has 1 N–H and O–H groups in total. The molecule has 1 aromatic carbocycles. The molecule has 0 radical (unpaired) electrons. The summed E-state index contributed by atoms with van der Waals surface area (Å²) in [5.41, 5.74) is 1.92. The van der Waals surface area contributed by atoms with Gasteiger partial charge in [-0.25, -0.2) is 0 Å². The third-order valence-corrected chi connectivity index (χ3v) is 2.84. The smallest absolute Gasteiger partial charge is 0.261 e. The zero-order valence-electron chi connectivity index (χ0n) is 11.7. The molecule has 0 unspecified atom stereocenters. The fourth-order valence-electron chi connectivity index (χ4n) is 1.77. The van der Waals surface area contributed by atoms with Crippen molar-refractivity contribution in [1.29, 1.82) is 0 Å². The summed E-state index contributed by atoms with van der Waals surface area (Å²) in [6.45, 7) is 4.12. The van der Waals surface area contributed by atoms with Crippen LogP contribution in [0.5, 0.6) is 5.75 Å². The van der Waals surface area contributed by atoms with Crippen molar-refractivity contribution in [3.8, 4) is 5.75 Å². The summed E-state index contributed by atoms with van der Waals surface area (Å²) in [7, 11) is 0. The van der Waals surface area contributed by atoms with Crippen LogP contribution in [0, 0.1) is 6.92 Å². The van der Waals surface area contributed by atoms with Crippen molar-refractivity contribution >= 4 is 5.91 Å². The van der Waals surface area contributed by atoms with Crippen molar-refractivity contribution in [3.63, 3.8) is 0 Å². The lowest BCUT2D eigenvalue weighted by Crippen LogP contribution is -2.36. The van der Waals surface area contributed by atoms with Crippen LogP contribution in [0.25, 0.3) is 0 Å². The predicted molar refractivity (Wildman–Crippen MR) is 77.4 cm³/mol. The molecule has 1 atom stereocenters. The lowest BCUT2D eigenvalue weighted by molar-refractivity contribution is -0.127. The van der Waals surface area contributed by atoms with Crippen molar-refractivity contribution < 1.29 is 9.53 Å². The molecule has 1 amide bonds. The normalized spacial score (nSPS) is 11.7. The fraction of sp³-hybridized carbons (Fsp3) is 0.250. The number of pyridine rings is 1. The molecule has 104 valence electrons. The number of ether oxygens (including phenoxy) is 1. The van der Waals surface area contributed by atoms with Crippen LogP contribution in [0.4, 0.5) is 0 Å². The summed E-state index contributed by atoms with van der Waals surface area (Å²) in [6, 6.07) is 13.2. The number of benzene rings is 1. The Balaban J connectivity index is 1.86. The number of aryl methyl sites for hydroxylation is 1. The standard InChI is InChI=1S/C16H18N2O2/c1-12-6-5-8-15(10-12)20-13(2)16(19)18-11-14-7-3-4-9-17-14/h3-10,13H,11H2,1-2H3,(H,18,19)/t13-/m0/s1. The highest BCUT2D eigenvalue weighted by Crippen LogP contribution is 2.14. The minimum atomic E-state index is -0.541. The van der Waals surface area contributed by atoms with E-state index in [4.69, 9.17) is 4.74 Å². The van der Waals surface area contributed by atoms with Crippen molar-refractivity contribution in [1.82, 2.24) is 10.3 Å².